The highest BCUT2D eigenvalue weighted by molar-refractivity contribution is 4.99. The molecule has 3 atom stereocenters. The van der Waals surface area contributed by atoms with Gasteiger partial charge >= 0.3 is 0 Å². The lowest BCUT2D eigenvalue weighted by atomic mass is 9.93. The Morgan fingerprint density at radius 3 is 2.35 bits per heavy atom. The fourth-order valence-corrected chi connectivity index (χ4v) is 3.35. The minimum absolute atomic E-state index is 0.236. The molecule has 1 aliphatic heterocycles. The lowest BCUT2D eigenvalue weighted by Crippen LogP contribution is -2.51. The Labute approximate surface area is 106 Å². The number of nitrogens with zero attached hydrogens (tertiary/aromatic N) is 2. The van der Waals surface area contributed by atoms with Crippen LogP contribution in [-0.4, -0.2) is 55.1 Å². The predicted octanol–water partition coefficient (Wildman–Crippen LogP) is 1.39. The standard InChI is InChI=1S/C14H29N3/c1-11-8-17(9-13(11)16(3)4)14(2,10-15)7-12-5-6-12/h11-13H,5-10,15H2,1-4H3. The summed E-state index contributed by atoms with van der Waals surface area (Å²) in [6.45, 7) is 7.95. The van der Waals surface area contributed by atoms with E-state index in [2.05, 4.69) is 37.7 Å². The molecule has 2 rings (SSSR count). The quantitative estimate of drug-likeness (QED) is 0.787. The molecule has 2 aliphatic rings. The fourth-order valence-electron chi connectivity index (χ4n) is 3.35. The van der Waals surface area contributed by atoms with Crippen LogP contribution in [0.5, 0.6) is 0 Å². The summed E-state index contributed by atoms with van der Waals surface area (Å²) in [5.41, 5.74) is 6.31. The Bertz CT molecular complexity index is 262. The van der Waals surface area contributed by atoms with Crippen molar-refractivity contribution in [2.24, 2.45) is 17.6 Å². The summed E-state index contributed by atoms with van der Waals surface area (Å²) in [4.78, 5) is 5.03. The van der Waals surface area contributed by atoms with E-state index in [-0.39, 0.29) is 5.54 Å². The van der Waals surface area contributed by atoms with Crippen LogP contribution in [0, 0.1) is 11.8 Å². The maximum atomic E-state index is 6.07. The number of hydrogen-bond acceptors (Lipinski definition) is 3. The van der Waals surface area contributed by atoms with Gasteiger partial charge in [0.25, 0.3) is 0 Å². The van der Waals surface area contributed by atoms with Crippen LogP contribution in [0.15, 0.2) is 0 Å². The first kappa shape index (κ1) is 13.3. The molecular weight excluding hydrogens is 210 g/mol. The van der Waals surface area contributed by atoms with Gasteiger partial charge < -0.3 is 10.6 Å². The summed E-state index contributed by atoms with van der Waals surface area (Å²) in [5, 5.41) is 0. The van der Waals surface area contributed by atoms with Gasteiger partial charge in [-0.25, -0.2) is 0 Å². The number of rotatable bonds is 5. The topological polar surface area (TPSA) is 32.5 Å². The van der Waals surface area contributed by atoms with E-state index in [0.29, 0.717) is 6.04 Å². The van der Waals surface area contributed by atoms with Gasteiger partial charge in [-0.05, 0) is 39.3 Å². The number of likely N-dealkylation sites (N-methyl/N-ethyl adjacent to an activating group) is 1. The Morgan fingerprint density at radius 2 is 1.94 bits per heavy atom. The van der Waals surface area contributed by atoms with Gasteiger partial charge in [0.1, 0.15) is 0 Å². The largest absolute Gasteiger partial charge is 0.329 e. The van der Waals surface area contributed by atoms with Crippen LogP contribution in [-0.2, 0) is 0 Å². The molecule has 3 unspecified atom stereocenters. The summed E-state index contributed by atoms with van der Waals surface area (Å²) < 4.78 is 0. The molecule has 100 valence electrons. The average molecular weight is 239 g/mol. The van der Waals surface area contributed by atoms with Crippen molar-refractivity contribution in [1.29, 1.82) is 0 Å². The molecule has 3 heteroatoms. The number of hydrogen-bond donors (Lipinski definition) is 1. The molecule has 0 aromatic heterocycles. The second-order valence-corrected chi connectivity index (χ2v) is 6.76. The van der Waals surface area contributed by atoms with E-state index in [4.69, 9.17) is 5.73 Å². The van der Waals surface area contributed by atoms with Crippen molar-refractivity contribution in [3.05, 3.63) is 0 Å². The van der Waals surface area contributed by atoms with Crippen LogP contribution in [0.1, 0.15) is 33.1 Å². The minimum atomic E-state index is 0.236. The smallest absolute Gasteiger partial charge is 0.0307 e. The third kappa shape index (κ3) is 2.83. The highest BCUT2D eigenvalue weighted by Gasteiger charge is 2.42. The van der Waals surface area contributed by atoms with Crippen LogP contribution < -0.4 is 5.73 Å². The third-order valence-corrected chi connectivity index (χ3v) is 4.86. The lowest BCUT2D eigenvalue weighted by Gasteiger charge is -2.39. The second-order valence-electron chi connectivity index (χ2n) is 6.76. The van der Waals surface area contributed by atoms with E-state index in [1.807, 2.05) is 0 Å². The normalized spacial score (nSPS) is 34.2. The van der Waals surface area contributed by atoms with Crippen LogP contribution in [0.4, 0.5) is 0 Å². The Morgan fingerprint density at radius 1 is 1.29 bits per heavy atom. The van der Waals surface area contributed by atoms with E-state index < -0.39 is 0 Å². The number of nitrogens with two attached hydrogens (primary N) is 1. The van der Waals surface area contributed by atoms with Crippen molar-refractivity contribution in [2.45, 2.75) is 44.7 Å². The van der Waals surface area contributed by atoms with Gasteiger partial charge in [0.15, 0.2) is 0 Å². The molecular formula is C14H29N3. The van der Waals surface area contributed by atoms with Crippen molar-refractivity contribution in [3.8, 4) is 0 Å². The van der Waals surface area contributed by atoms with E-state index >= 15 is 0 Å². The molecule has 1 aliphatic carbocycles. The molecule has 0 aromatic rings. The molecule has 1 heterocycles. The van der Waals surface area contributed by atoms with Crippen LogP contribution in [0.2, 0.25) is 0 Å². The van der Waals surface area contributed by atoms with Crippen LogP contribution in [0.25, 0.3) is 0 Å². The summed E-state index contributed by atoms with van der Waals surface area (Å²) >= 11 is 0. The van der Waals surface area contributed by atoms with Gasteiger partial charge in [-0.2, -0.15) is 0 Å². The third-order valence-electron chi connectivity index (χ3n) is 4.86. The van der Waals surface area contributed by atoms with Gasteiger partial charge in [-0.15, -0.1) is 0 Å². The molecule has 17 heavy (non-hydrogen) atoms. The zero-order valence-corrected chi connectivity index (χ0v) is 11.9. The fraction of sp³-hybridized carbons (Fsp3) is 1.00. The Kier molecular flexibility index (Phi) is 3.81. The predicted molar refractivity (Wildman–Crippen MR) is 73.0 cm³/mol. The highest BCUT2D eigenvalue weighted by Crippen LogP contribution is 2.40. The zero-order valence-electron chi connectivity index (χ0n) is 11.9. The maximum absolute atomic E-state index is 6.07. The highest BCUT2D eigenvalue weighted by atomic mass is 15.3. The molecule has 0 radical (unpaired) electrons. The summed E-state index contributed by atoms with van der Waals surface area (Å²) in [5.74, 6) is 1.72. The monoisotopic (exact) mass is 239 g/mol. The summed E-state index contributed by atoms with van der Waals surface area (Å²) in [6, 6.07) is 0.695. The Hall–Kier alpha value is -0.120. The van der Waals surface area contributed by atoms with Gasteiger partial charge in [0.2, 0.25) is 0 Å². The van der Waals surface area contributed by atoms with E-state index in [1.165, 1.54) is 32.4 Å². The van der Waals surface area contributed by atoms with Crippen LogP contribution >= 0.6 is 0 Å². The van der Waals surface area contributed by atoms with Crippen molar-refractivity contribution in [2.75, 3.05) is 33.7 Å². The van der Waals surface area contributed by atoms with E-state index in [0.717, 1.165) is 18.4 Å². The number of likely N-dealkylation sites (tertiary alicyclic amines) is 1. The van der Waals surface area contributed by atoms with Crippen molar-refractivity contribution >= 4 is 0 Å². The molecule has 1 saturated carbocycles. The maximum Gasteiger partial charge on any atom is 0.0307 e. The summed E-state index contributed by atoms with van der Waals surface area (Å²) in [6.07, 6.45) is 4.16. The van der Waals surface area contributed by atoms with Gasteiger partial charge in [-0.3, -0.25) is 4.90 Å². The molecule has 0 aromatic carbocycles. The molecule has 1 saturated heterocycles. The van der Waals surface area contributed by atoms with E-state index in [1.54, 1.807) is 0 Å². The molecule has 0 spiro atoms. The molecule has 0 bridgehead atoms. The molecule has 3 nitrogen and oxygen atoms in total. The minimum Gasteiger partial charge on any atom is -0.329 e. The van der Waals surface area contributed by atoms with Crippen molar-refractivity contribution in [1.82, 2.24) is 9.80 Å². The van der Waals surface area contributed by atoms with Crippen molar-refractivity contribution in [3.63, 3.8) is 0 Å². The van der Waals surface area contributed by atoms with E-state index in [9.17, 15) is 0 Å². The zero-order chi connectivity index (χ0) is 12.6. The second kappa shape index (κ2) is 4.87. The van der Waals surface area contributed by atoms with Gasteiger partial charge in [-0.1, -0.05) is 19.8 Å². The first-order chi connectivity index (χ1) is 7.96. The van der Waals surface area contributed by atoms with Gasteiger partial charge in [0.05, 0.1) is 0 Å². The molecule has 0 amide bonds. The average Bonchev–Trinajstić information content (AvgIpc) is 2.98. The van der Waals surface area contributed by atoms with Crippen molar-refractivity contribution < 1.29 is 0 Å². The van der Waals surface area contributed by atoms with Crippen LogP contribution in [0.3, 0.4) is 0 Å². The first-order valence-electron chi connectivity index (χ1n) is 7.08. The molecule has 2 N–H and O–H groups in total. The SMILES string of the molecule is CC1CN(C(C)(CN)CC2CC2)CC1N(C)C. The van der Waals surface area contributed by atoms with Gasteiger partial charge in [0, 0.05) is 31.2 Å². The lowest BCUT2D eigenvalue weighted by molar-refractivity contribution is 0.115. The Balaban J connectivity index is 2.00. The first-order valence-corrected chi connectivity index (χ1v) is 7.08. The molecule has 2 fully saturated rings. The summed E-state index contributed by atoms with van der Waals surface area (Å²) in [7, 11) is 4.40.